The first-order valence-corrected chi connectivity index (χ1v) is 6.37. The smallest absolute Gasteiger partial charge is 0.170 e. The minimum atomic E-state index is -0.310. The summed E-state index contributed by atoms with van der Waals surface area (Å²) in [6, 6.07) is 4.69. The number of aromatic nitrogens is 4. The van der Waals surface area contributed by atoms with Crippen molar-refractivity contribution in [1.29, 1.82) is 0 Å². The van der Waals surface area contributed by atoms with E-state index in [1.165, 1.54) is 6.07 Å². The second kappa shape index (κ2) is 5.01. The van der Waals surface area contributed by atoms with Crippen LogP contribution in [0.25, 0.3) is 11.0 Å². The first kappa shape index (κ1) is 13.3. The topological polar surface area (TPSA) is 78.9 Å². The number of nitrogens with zero attached hydrogens (tertiary/aromatic N) is 4. The van der Waals surface area contributed by atoms with Gasteiger partial charge in [0.25, 0.3) is 0 Å². The van der Waals surface area contributed by atoms with Gasteiger partial charge in [-0.1, -0.05) is 6.07 Å². The summed E-state index contributed by atoms with van der Waals surface area (Å²) >= 11 is 0. The summed E-state index contributed by atoms with van der Waals surface area (Å²) in [5, 5.41) is 4.78. The molecule has 21 heavy (non-hydrogen) atoms. The monoisotopic (exact) mass is 287 g/mol. The zero-order chi connectivity index (χ0) is 15.0. The molecule has 0 saturated carbocycles. The molecule has 2 heterocycles. The number of hydrogen-bond donors (Lipinski definition) is 1. The van der Waals surface area contributed by atoms with Crippen molar-refractivity contribution < 1.29 is 9.13 Å². The lowest BCUT2D eigenvalue weighted by molar-refractivity contribution is 0.295. The van der Waals surface area contributed by atoms with Crippen LogP contribution in [-0.4, -0.2) is 19.7 Å². The molecule has 0 aliphatic rings. The van der Waals surface area contributed by atoms with E-state index >= 15 is 0 Å². The van der Waals surface area contributed by atoms with E-state index < -0.39 is 0 Å². The van der Waals surface area contributed by atoms with Crippen LogP contribution >= 0.6 is 0 Å². The van der Waals surface area contributed by atoms with Gasteiger partial charge in [0.15, 0.2) is 11.5 Å². The lowest BCUT2D eigenvalue weighted by Gasteiger charge is -2.07. The number of halogens is 1. The highest BCUT2D eigenvalue weighted by molar-refractivity contribution is 5.84. The standard InChI is InChI=1S/C14H14FN5O/c1-8-3-4-9(5-11(8)15)21-7-12-18-13(16)10-6-17-20(2)14(10)19-12/h3-6H,7H2,1-2H3,(H2,16,18,19). The highest BCUT2D eigenvalue weighted by Crippen LogP contribution is 2.19. The van der Waals surface area contributed by atoms with E-state index in [-0.39, 0.29) is 12.4 Å². The number of hydrogen-bond acceptors (Lipinski definition) is 5. The van der Waals surface area contributed by atoms with E-state index in [9.17, 15) is 4.39 Å². The first-order valence-electron chi connectivity index (χ1n) is 6.37. The van der Waals surface area contributed by atoms with Crippen molar-refractivity contribution in [2.45, 2.75) is 13.5 Å². The predicted octanol–water partition coefficient (Wildman–Crippen LogP) is 1.97. The molecule has 2 aromatic heterocycles. The Balaban J connectivity index is 1.84. The average Bonchev–Trinajstić information content (AvgIpc) is 2.83. The molecule has 108 valence electrons. The molecule has 0 spiro atoms. The maximum absolute atomic E-state index is 13.4. The van der Waals surface area contributed by atoms with Crippen LogP contribution in [0.15, 0.2) is 24.4 Å². The van der Waals surface area contributed by atoms with E-state index in [0.29, 0.717) is 34.0 Å². The van der Waals surface area contributed by atoms with Crippen molar-refractivity contribution in [2.75, 3.05) is 5.73 Å². The Morgan fingerprint density at radius 1 is 1.33 bits per heavy atom. The third kappa shape index (κ3) is 2.49. The summed E-state index contributed by atoms with van der Waals surface area (Å²) in [4.78, 5) is 8.51. The highest BCUT2D eigenvalue weighted by Gasteiger charge is 2.10. The number of ether oxygens (including phenoxy) is 1. The maximum Gasteiger partial charge on any atom is 0.170 e. The number of aryl methyl sites for hydroxylation is 2. The molecule has 6 nitrogen and oxygen atoms in total. The molecular formula is C14H14FN5O. The summed E-state index contributed by atoms with van der Waals surface area (Å²) in [5.74, 6) is 0.881. The van der Waals surface area contributed by atoms with Gasteiger partial charge in [0.1, 0.15) is 24.0 Å². The van der Waals surface area contributed by atoms with Gasteiger partial charge in [0, 0.05) is 13.1 Å². The van der Waals surface area contributed by atoms with Crippen molar-refractivity contribution >= 4 is 16.9 Å². The number of benzene rings is 1. The van der Waals surface area contributed by atoms with Gasteiger partial charge in [-0.15, -0.1) is 0 Å². The SMILES string of the molecule is Cc1ccc(OCc2nc(N)c3cnn(C)c3n2)cc1F. The quantitative estimate of drug-likeness (QED) is 0.796. The Hall–Kier alpha value is -2.70. The predicted molar refractivity (Wildman–Crippen MR) is 76.2 cm³/mol. The Morgan fingerprint density at radius 2 is 2.14 bits per heavy atom. The summed E-state index contributed by atoms with van der Waals surface area (Å²) in [7, 11) is 1.77. The molecule has 0 atom stereocenters. The number of rotatable bonds is 3. The van der Waals surface area contributed by atoms with E-state index in [0.717, 1.165) is 0 Å². The van der Waals surface area contributed by atoms with Gasteiger partial charge in [-0.05, 0) is 18.6 Å². The second-order valence-electron chi connectivity index (χ2n) is 4.73. The van der Waals surface area contributed by atoms with Crippen molar-refractivity contribution in [3.8, 4) is 5.75 Å². The maximum atomic E-state index is 13.4. The van der Waals surface area contributed by atoms with Gasteiger partial charge in [-0.25, -0.2) is 14.4 Å². The fourth-order valence-electron chi connectivity index (χ4n) is 1.97. The molecule has 3 aromatic rings. The van der Waals surface area contributed by atoms with Crippen LogP contribution in [0.1, 0.15) is 11.4 Å². The molecule has 0 unspecified atom stereocenters. The Kier molecular flexibility index (Phi) is 3.17. The first-order chi connectivity index (χ1) is 10.0. The zero-order valence-electron chi connectivity index (χ0n) is 11.7. The number of nitrogens with two attached hydrogens (primary N) is 1. The normalized spacial score (nSPS) is 11.0. The molecule has 0 radical (unpaired) electrons. The summed E-state index contributed by atoms with van der Waals surface area (Å²) in [5.41, 5.74) is 7.07. The third-order valence-corrected chi connectivity index (χ3v) is 3.18. The fraction of sp³-hybridized carbons (Fsp3) is 0.214. The largest absolute Gasteiger partial charge is 0.486 e. The van der Waals surface area contributed by atoms with Crippen LogP contribution in [0.5, 0.6) is 5.75 Å². The Morgan fingerprint density at radius 3 is 2.90 bits per heavy atom. The minimum Gasteiger partial charge on any atom is -0.486 e. The Labute approximate surface area is 120 Å². The van der Waals surface area contributed by atoms with Crippen LogP contribution in [0.3, 0.4) is 0 Å². The summed E-state index contributed by atoms with van der Waals surface area (Å²) < 4.78 is 20.6. The molecule has 7 heteroatoms. The molecule has 0 amide bonds. The van der Waals surface area contributed by atoms with Crippen molar-refractivity contribution in [1.82, 2.24) is 19.7 Å². The number of anilines is 1. The van der Waals surface area contributed by atoms with Gasteiger partial charge >= 0.3 is 0 Å². The summed E-state index contributed by atoms with van der Waals surface area (Å²) in [6.45, 7) is 1.80. The van der Waals surface area contributed by atoms with Gasteiger partial charge in [0.05, 0.1) is 11.6 Å². The van der Waals surface area contributed by atoms with Gasteiger partial charge in [-0.2, -0.15) is 5.10 Å². The molecule has 0 aliphatic heterocycles. The molecule has 1 aromatic carbocycles. The van der Waals surface area contributed by atoms with Crippen LogP contribution in [0.2, 0.25) is 0 Å². The van der Waals surface area contributed by atoms with E-state index in [4.69, 9.17) is 10.5 Å². The third-order valence-electron chi connectivity index (χ3n) is 3.18. The lowest BCUT2D eigenvalue weighted by atomic mass is 10.2. The van der Waals surface area contributed by atoms with Crippen LogP contribution in [0.4, 0.5) is 10.2 Å². The van der Waals surface area contributed by atoms with Crippen LogP contribution in [-0.2, 0) is 13.7 Å². The Bertz CT molecular complexity index is 814. The lowest BCUT2D eigenvalue weighted by Crippen LogP contribution is -2.06. The average molecular weight is 287 g/mol. The molecular weight excluding hydrogens is 273 g/mol. The van der Waals surface area contributed by atoms with Crippen molar-refractivity contribution in [3.05, 3.63) is 41.6 Å². The molecule has 0 saturated heterocycles. The van der Waals surface area contributed by atoms with Gasteiger partial charge in [-0.3, -0.25) is 4.68 Å². The van der Waals surface area contributed by atoms with Crippen LogP contribution < -0.4 is 10.5 Å². The molecule has 0 aliphatic carbocycles. The van der Waals surface area contributed by atoms with Gasteiger partial charge in [0.2, 0.25) is 0 Å². The number of fused-ring (bicyclic) bond motifs is 1. The molecule has 2 N–H and O–H groups in total. The second-order valence-corrected chi connectivity index (χ2v) is 4.73. The molecule has 3 rings (SSSR count). The van der Waals surface area contributed by atoms with Crippen LogP contribution in [0, 0.1) is 12.7 Å². The zero-order valence-corrected chi connectivity index (χ0v) is 11.7. The molecule has 0 bridgehead atoms. The molecule has 0 fully saturated rings. The van der Waals surface area contributed by atoms with E-state index in [2.05, 4.69) is 15.1 Å². The fourth-order valence-corrected chi connectivity index (χ4v) is 1.97. The van der Waals surface area contributed by atoms with E-state index in [1.807, 2.05) is 0 Å². The number of nitrogen functional groups attached to an aromatic ring is 1. The summed E-state index contributed by atoms with van der Waals surface area (Å²) in [6.07, 6.45) is 1.62. The van der Waals surface area contributed by atoms with E-state index in [1.54, 1.807) is 37.0 Å². The van der Waals surface area contributed by atoms with Gasteiger partial charge < -0.3 is 10.5 Å². The van der Waals surface area contributed by atoms with Crippen molar-refractivity contribution in [3.63, 3.8) is 0 Å². The highest BCUT2D eigenvalue weighted by atomic mass is 19.1. The minimum absolute atomic E-state index is 0.105. The van der Waals surface area contributed by atoms with Crippen molar-refractivity contribution in [2.24, 2.45) is 7.05 Å².